The Morgan fingerprint density at radius 3 is 2.48 bits per heavy atom. The molecule has 4 nitrogen and oxygen atoms in total. The van der Waals surface area contributed by atoms with Gasteiger partial charge in [-0.15, -0.1) is 0 Å². The summed E-state index contributed by atoms with van der Waals surface area (Å²) in [5.41, 5.74) is 3.49. The second-order valence-corrected chi connectivity index (χ2v) is 7.21. The van der Waals surface area contributed by atoms with E-state index in [1.54, 1.807) is 0 Å². The van der Waals surface area contributed by atoms with E-state index in [0.717, 1.165) is 44.6 Å². The van der Waals surface area contributed by atoms with Gasteiger partial charge in [0.1, 0.15) is 0 Å². The van der Waals surface area contributed by atoms with E-state index in [1.165, 1.54) is 43.5 Å². The predicted octanol–water partition coefficient (Wildman–Crippen LogP) is 2.38. The fourth-order valence-corrected chi connectivity index (χ4v) is 4.33. The number of piperidine rings is 2. The zero-order valence-corrected chi connectivity index (χ0v) is 13.9. The van der Waals surface area contributed by atoms with Crippen LogP contribution < -0.4 is 5.32 Å². The van der Waals surface area contributed by atoms with Crippen LogP contribution in [0.3, 0.4) is 0 Å². The highest BCUT2D eigenvalue weighted by molar-refractivity contribution is 5.94. The van der Waals surface area contributed by atoms with Crippen LogP contribution in [0.1, 0.15) is 53.6 Å². The molecule has 0 unspecified atom stereocenters. The number of nitrogens with zero attached hydrogens (tertiary/aromatic N) is 2. The van der Waals surface area contributed by atoms with Crippen LogP contribution in [-0.2, 0) is 13.1 Å². The molecule has 0 aromatic heterocycles. The number of carbonyl (C=O) groups excluding carboxylic acids is 1. The van der Waals surface area contributed by atoms with Crippen molar-refractivity contribution in [2.45, 2.75) is 51.2 Å². The van der Waals surface area contributed by atoms with Crippen molar-refractivity contribution < 1.29 is 4.79 Å². The highest BCUT2D eigenvalue weighted by Crippen LogP contribution is 2.23. The molecule has 3 aliphatic rings. The van der Waals surface area contributed by atoms with E-state index in [0.29, 0.717) is 6.04 Å². The Labute approximate surface area is 138 Å². The van der Waals surface area contributed by atoms with Gasteiger partial charge in [-0.3, -0.25) is 4.79 Å². The van der Waals surface area contributed by atoms with Gasteiger partial charge in [0, 0.05) is 37.8 Å². The van der Waals surface area contributed by atoms with Gasteiger partial charge >= 0.3 is 0 Å². The van der Waals surface area contributed by atoms with Crippen LogP contribution in [0.5, 0.6) is 0 Å². The number of likely N-dealkylation sites (tertiary alicyclic amines) is 2. The third kappa shape index (κ3) is 3.15. The Hall–Kier alpha value is -1.39. The number of amides is 1. The Balaban J connectivity index is 1.37. The summed E-state index contributed by atoms with van der Waals surface area (Å²) in [6, 6.07) is 6.91. The van der Waals surface area contributed by atoms with E-state index in [-0.39, 0.29) is 5.91 Å². The molecule has 2 fully saturated rings. The lowest BCUT2D eigenvalue weighted by molar-refractivity contribution is 0.0590. The zero-order valence-electron chi connectivity index (χ0n) is 13.9. The van der Waals surface area contributed by atoms with Crippen molar-refractivity contribution in [3.63, 3.8) is 0 Å². The van der Waals surface area contributed by atoms with Crippen LogP contribution in [0, 0.1) is 0 Å². The summed E-state index contributed by atoms with van der Waals surface area (Å²) in [6.07, 6.45) is 6.36. The van der Waals surface area contributed by atoms with Gasteiger partial charge in [0.05, 0.1) is 0 Å². The summed E-state index contributed by atoms with van der Waals surface area (Å²) in [4.78, 5) is 17.5. The first-order valence-electron chi connectivity index (χ1n) is 9.17. The Bertz CT molecular complexity index is 572. The van der Waals surface area contributed by atoms with Gasteiger partial charge < -0.3 is 15.1 Å². The second-order valence-electron chi connectivity index (χ2n) is 7.21. The molecule has 1 aromatic carbocycles. The first kappa shape index (κ1) is 15.2. The number of carbonyl (C=O) groups is 1. The molecule has 1 amide bonds. The maximum absolute atomic E-state index is 12.8. The number of fused-ring (bicyclic) bond motifs is 1. The molecule has 0 bridgehead atoms. The van der Waals surface area contributed by atoms with E-state index in [4.69, 9.17) is 0 Å². The molecule has 0 saturated carbocycles. The molecule has 1 aromatic rings. The minimum atomic E-state index is 0.219. The molecule has 1 N–H and O–H groups in total. The van der Waals surface area contributed by atoms with Crippen molar-refractivity contribution in [3.8, 4) is 0 Å². The number of rotatable bonds is 2. The van der Waals surface area contributed by atoms with E-state index in [2.05, 4.69) is 27.2 Å². The van der Waals surface area contributed by atoms with Crippen LogP contribution >= 0.6 is 0 Å². The van der Waals surface area contributed by atoms with Crippen LogP contribution in [-0.4, -0.2) is 47.9 Å². The topological polar surface area (TPSA) is 35.6 Å². The van der Waals surface area contributed by atoms with Crippen molar-refractivity contribution >= 4 is 5.91 Å². The van der Waals surface area contributed by atoms with Gasteiger partial charge in [-0.25, -0.2) is 0 Å². The van der Waals surface area contributed by atoms with Gasteiger partial charge in [0.25, 0.3) is 5.91 Å². The van der Waals surface area contributed by atoms with Crippen LogP contribution in [0.25, 0.3) is 0 Å². The summed E-state index contributed by atoms with van der Waals surface area (Å²) in [5.74, 6) is 0.219. The molecule has 2 saturated heterocycles. The molecule has 3 aliphatic heterocycles. The largest absolute Gasteiger partial charge is 0.339 e. The van der Waals surface area contributed by atoms with Gasteiger partial charge in [0.2, 0.25) is 0 Å². The molecule has 23 heavy (non-hydrogen) atoms. The lowest BCUT2D eigenvalue weighted by atomic mass is 9.99. The maximum atomic E-state index is 12.8. The highest BCUT2D eigenvalue weighted by atomic mass is 16.2. The summed E-state index contributed by atoms with van der Waals surface area (Å²) < 4.78 is 0. The molecule has 3 heterocycles. The van der Waals surface area contributed by atoms with Crippen molar-refractivity contribution in [1.82, 2.24) is 15.1 Å². The molecule has 0 spiro atoms. The zero-order chi connectivity index (χ0) is 15.6. The number of hydrogen-bond donors (Lipinski definition) is 1. The Kier molecular flexibility index (Phi) is 4.36. The summed E-state index contributed by atoms with van der Waals surface area (Å²) in [7, 11) is 0. The van der Waals surface area contributed by atoms with Gasteiger partial charge in [-0.2, -0.15) is 0 Å². The molecular weight excluding hydrogens is 286 g/mol. The predicted molar refractivity (Wildman–Crippen MR) is 91.3 cm³/mol. The van der Waals surface area contributed by atoms with E-state index in [9.17, 15) is 4.79 Å². The van der Waals surface area contributed by atoms with Crippen molar-refractivity contribution in [2.24, 2.45) is 0 Å². The van der Waals surface area contributed by atoms with E-state index >= 15 is 0 Å². The van der Waals surface area contributed by atoms with Crippen molar-refractivity contribution in [2.75, 3.05) is 26.2 Å². The van der Waals surface area contributed by atoms with Crippen molar-refractivity contribution in [3.05, 3.63) is 34.9 Å². The van der Waals surface area contributed by atoms with Crippen molar-refractivity contribution in [1.29, 1.82) is 0 Å². The van der Waals surface area contributed by atoms with E-state index < -0.39 is 0 Å². The first-order chi connectivity index (χ1) is 11.3. The Morgan fingerprint density at radius 1 is 0.957 bits per heavy atom. The molecule has 4 heteroatoms. The standard InChI is InChI=1S/C19H27N3O/c23-19(15-4-5-16-13-20-14-17(16)12-15)22-10-6-18(7-11-22)21-8-2-1-3-9-21/h4-5,12,18,20H,1-3,6-11,13-14H2. The molecule has 0 atom stereocenters. The molecular formula is C19H27N3O. The minimum Gasteiger partial charge on any atom is -0.339 e. The SMILES string of the molecule is O=C(c1ccc2c(c1)CNC2)N1CCC(N2CCCCC2)CC1. The maximum Gasteiger partial charge on any atom is 0.253 e. The van der Waals surface area contributed by atoms with Crippen LogP contribution in [0.4, 0.5) is 0 Å². The quantitative estimate of drug-likeness (QED) is 0.910. The first-order valence-corrected chi connectivity index (χ1v) is 9.17. The molecule has 0 radical (unpaired) electrons. The molecule has 0 aliphatic carbocycles. The lowest BCUT2D eigenvalue weighted by Crippen LogP contribution is -2.48. The van der Waals surface area contributed by atoms with Crippen LogP contribution in [0.2, 0.25) is 0 Å². The smallest absolute Gasteiger partial charge is 0.253 e. The average molecular weight is 313 g/mol. The Morgan fingerprint density at radius 2 is 1.70 bits per heavy atom. The third-order valence-electron chi connectivity index (χ3n) is 5.74. The average Bonchev–Trinajstić information content (AvgIpc) is 3.10. The minimum absolute atomic E-state index is 0.219. The summed E-state index contributed by atoms with van der Waals surface area (Å²) >= 11 is 0. The fraction of sp³-hybridized carbons (Fsp3) is 0.632. The second kappa shape index (κ2) is 6.62. The monoisotopic (exact) mass is 313 g/mol. The van der Waals surface area contributed by atoms with Gasteiger partial charge in [0.15, 0.2) is 0 Å². The number of nitrogens with one attached hydrogen (secondary N) is 1. The molecule has 4 rings (SSSR count). The lowest BCUT2D eigenvalue weighted by Gasteiger charge is -2.40. The van der Waals surface area contributed by atoms with Gasteiger partial charge in [-0.1, -0.05) is 12.5 Å². The number of benzene rings is 1. The fourth-order valence-electron chi connectivity index (χ4n) is 4.33. The molecule has 124 valence electrons. The third-order valence-corrected chi connectivity index (χ3v) is 5.74. The summed E-state index contributed by atoms with van der Waals surface area (Å²) in [6.45, 7) is 6.18. The highest BCUT2D eigenvalue weighted by Gasteiger charge is 2.28. The van der Waals surface area contributed by atoms with E-state index in [1.807, 2.05) is 6.07 Å². The summed E-state index contributed by atoms with van der Waals surface area (Å²) in [5, 5.41) is 3.35. The normalized spacial score (nSPS) is 23.0. The van der Waals surface area contributed by atoms with Gasteiger partial charge in [-0.05, 0) is 62.0 Å². The number of hydrogen-bond acceptors (Lipinski definition) is 3. The van der Waals surface area contributed by atoms with Crippen LogP contribution in [0.15, 0.2) is 18.2 Å².